The third-order valence-electron chi connectivity index (χ3n) is 4.17. The Kier molecular flexibility index (Phi) is 3.44. The van der Waals surface area contributed by atoms with Gasteiger partial charge in [0.15, 0.2) is 0 Å². The van der Waals surface area contributed by atoms with Crippen LogP contribution in [0.15, 0.2) is 18.2 Å². The molecule has 0 aliphatic carbocycles. The van der Waals surface area contributed by atoms with E-state index in [0.29, 0.717) is 24.6 Å². The number of carbonyl (C=O) groups is 2. The Hall–Kier alpha value is -1.88. The van der Waals surface area contributed by atoms with Gasteiger partial charge in [0.05, 0.1) is 6.42 Å². The number of amides is 2. The molecular weight excluding hydrogens is 254 g/mol. The average Bonchev–Trinajstić information content (AvgIpc) is 2.99. The fourth-order valence-electron chi connectivity index (χ4n) is 2.91. The Bertz CT molecular complexity index is 556. The van der Waals surface area contributed by atoms with Crippen molar-refractivity contribution in [2.45, 2.75) is 25.3 Å². The lowest BCUT2D eigenvalue weighted by Crippen LogP contribution is -2.38. The van der Waals surface area contributed by atoms with Crippen LogP contribution in [0.5, 0.6) is 0 Å². The zero-order valence-corrected chi connectivity index (χ0v) is 11.6. The molecule has 1 aromatic carbocycles. The molecular formula is C15H19N3O2. The normalized spacial score (nSPS) is 21.6. The molecule has 2 N–H and O–H groups in total. The minimum absolute atomic E-state index is 0.00913. The summed E-state index contributed by atoms with van der Waals surface area (Å²) in [4.78, 5) is 25.7. The first-order chi connectivity index (χ1) is 9.63. The van der Waals surface area contributed by atoms with Crippen molar-refractivity contribution in [1.82, 2.24) is 10.2 Å². The summed E-state index contributed by atoms with van der Waals surface area (Å²) in [5.74, 6) is -0.0839. The third kappa shape index (κ3) is 2.54. The molecule has 3 rings (SSSR count). The molecule has 0 saturated carbocycles. The van der Waals surface area contributed by atoms with Crippen molar-refractivity contribution in [2.75, 3.05) is 25.5 Å². The van der Waals surface area contributed by atoms with Gasteiger partial charge in [0.1, 0.15) is 0 Å². The molecule has 5 nitrogen and oxygen atoms in total. The van der Waals surface area contributed by atoms with Crippen molar-refractivity contribution in [2.24, 2.45) is 0 Å². The molecule has 20 heavy (non-hydrogen) atoms. The van der Waals surface area contributed by atoms with Crippen LogP contribution in [0, 0.1) is 0 Å². The van der Waals surface area contributed by atoms with Crippen molar-refractivity contribution in [3.8, 4) is 0 Å². The van der Waals surface area contributed by atoms with E-state index < -0.39 is 0 Å². The number of nitrogens with one attached hydrogen (secondary N) is 2. The van der Waals surface area contributed by atoms with Crippen LogP contribution in [0.4, 0.5) is 5.69 Å². The minimum atomic E-state index is -0.0748. The lowest BCUT2D eigenvalue weighted by Gasteiger charge is -2.19. The molecule has 1 aromatic rings. The maximum absolute atomic E-state index is 12.1. The zero-order valence-electron chi connectivity index (χ0n) is 11.6. The van der Waals surface area contributed by atoms with Gasteiger partial charge < -0.3 is 15.5 Å². The van der Waals surface area contributed by atoms with E-state index in [1.54, 1.807) is 12.1 Å². The molecule has 106 valence electrons. The number of hydrogen-bond acceptors (Lipinski definition) is 3. The number of benzene rings is 1. The first-order valence-corrected chi connectivity index (χ1v) is 7.05. The van der Waals surface area contributed by atoms with Crippen LogP contribution in [0.3, 0.4) is 0 Å². The number of nitrogens with zero attached hydrogens (tertiary/aromatic N) is 1. The highest BCUT2D eigenvalue weighted by atomic mass is 16.2. The SMILES string of the molecule is CN1CCCC1CNC(=O)c1ccc2c(c1)NC(=O)C2. The molecule has 1 atom stereocenters. The summed E-state index contributed by atoms with van der Waals surface area (Å²) in [6.07, 6.45) is 2.74. The predicted molar refractivity (Wildman–Crippen MR) is 76.8 cm³/mol. The second-order valence-electron chi connectivity index (χ2n) is 5.58. The van der Waals surface area contributed by atoms with Crippen LogP contribution in [0.2, 0.25) is 0 Å². The molecule has 0 bridgehead atoms. The highest BCUT2D eigenvalue weighted by Gasteiger charge is 2.22. The monoisotopic (exact) mass is 273 g/mol. The van der Waals surface area contributed by atoms with Gasteiger partial charge in [-0.2, -0.15) is 0 Å². The molecule has 1 unspecified atom stereocenters. The maximum atomic E-state index is 12.1. The number of fused-ring (bicyclic) bond motifs is 1. The number of hydrogen-bond donors (Lipinski definition) is 2. The Labute approximate surface area is 118 Å². The topological polar surface area (TPSA) is 61.4 Å². The molecule has 0 spiro atoms. The zero-order chi connectivity index (χ0) is 14.1. The third-order valence-corrected chi connectivity index (χ3v) is 4.17. The molecule has 2 aliphatic heterocycles. The van der Waals surface area contributed by atoms with Crippen molar-refractivity contribution in [3.05, 3.63) is 29.3 Å². The molecule has 5 heteroatoms. The van der Waals surface area contributed by atoms with E-state index >= 15 is 0 Å². The van der Waals surface area contributed by atoms with Crippen molar-refractivity contribution in [3.63, 3.8) is 0 Å². The fourth-order valence-corrected chi connectivity index (χ4v) is 2.91. The van der Waals surface area contributed by atoms with Gasteiger partial charge in [-0.25, -0.2) is 0 Å². The average molecular weight is 273 g/mol. The highest BCUT2D eigenvalue weighted by molar-refractivity contribution is 6.02. The van der Waals surface area contributed by atoms with Crippen LogP contribution >= 0.6 is 0 Å². The smallest absolute Gasteiger partial charge is 0.251 e. The van der Waals surface area contributed by atoms with Crippen LogP contribution in [0.1, 0.15) is 28.8 Å². The van der Waals surface area contributed by atoms with Crippen molar-refractivity contribution in [1.29, 1.82) is 0 Å². The first kappa shape index (κ1) is 13.1. The van der Waals surface area contributed by atoms with E-state index in [0.717, 1.165) is 24.2 Å². The molecule has 2 amide bonds. The van der Waals surface area contributed by atoms with Gasteiger partial charge >= 0.3 is 0 Å². The lowest BCUT2D eigenvalue weighted by atomic mass is 10.1. The van der Waals surface area contributed by atoms with Crippen LogP contribution < -0.4 is 10.6 Å². The number of likely N-dealkylation sites (tertiary alicyclic amines) is 1. The summed E-state index contributed by atoms with van der Waals surface area (Å²) < 4.78 is 0. The summed E-state index contributed by atoms with van der Waals surface area (Å²) in [6, 6.07) is 5.83. The second kappa shape index (κ2) is 5.25. The van der Waals surface area contributed by atoms with Gasteiger partial charge in [-0.3, -0.25) is 9.59 Å². The van der Waals surface area contributed by atoms with E-state index in [4.69, 9.17) is 0 Å². The van der Waals surface area contributed by atoms with E-state index in [1.807, 2.05) is 6.07 Å². The van der Waals surface area contributed by atoms with Gasteiger partial charge in [0, 0.05) is 23.8 Å². The minimum Gasteiger partial charge on any atom is -0.350 e. The fraction of sp³-hybridized carbons (Fsp3) is 0.467. The van der Waals surface area contributed by atoms with Gasteiger partial charge in [-0.05, 0) is 44.1 Å². The molecule has 1 saturated heterocycles. The van der Waals surface area contributed by atoms with Crippen LogP contribution in [-0.2, 0) is 11.2 Å². The predicted octanol–water partition coefficient (Wildman–Crippen LogP) is 1.01. The van der Waals surface area contributed by atoms with Gasteiger partial charge in [0.25, 0.3) is 5.91 Å². The summed E-state index contributed by atoms with van der Waals surface area (Å²) in [6.45, 7) is 1.78. The largest absolute Gasteiger partial charge is 0.350 e. The lowest BCUT2D eigenvalue weighted by molar-refractivity contribution is -0.115. The molecule has 2 heterocycles. The molecule has 2 aliphatic rings. The summed E-state index contributed by atoms with van der Waals surface area (Å²) >= 11 is 0. The second-order valence-corrected chi connectivity index (χ2v) is 5.58. The Morgan fingerprint density at radius 2 is 2.35 bits per heavy atom. The number of likely N-dealkylation sites (N-methyl/N-ethyl adjacent to an activating group) is 1. The van der Waals surface area contributed by atoms with Crippen LogP contribution in [-0.4, -0.2) is 42.9 Å². The molecule has 0 aromatic heterocycles. The van der Waals surface area contributed by atoms with E-state index in [-0.39, 0.29) is 11.8 Å². The van der Waals surface area contributed by atoms with Crippen molar-refractivity contribution >= 4 is 17.5 Å². The van der Waals surface area contributed by atoms with Gasteiger partial charge in [0.2, 0.25) is 5.91 Å². The number of rotatable bonds is 3. The Balaban J connectivity index is 1.63. The quantitative estimate of drug-likeness (QED) is 0.864. The van der Waals surface area contributed by atoms with E-state index in [1.165, 1.54) is 6.42 Å². The highest BCUT2D eigenvalue weighted by Crippen LogP contribution is 2.24. The van der Waals surface area contributed by atoms with Crippen LogP contribution in [0.25, 0.3) is 0 Å². The van der Waals surface area contributed by atoms with Gasteiger partial charge in [-0.1, -0.05) is 6.07 Å². The van der Waals surface area contributed by atoms with Crippen molar-refractivity contribution < 1.29 is 9.59 Å². The summed E-state index contributed by atoms with van der Waals surface area (Å²) in [5.41, 5.74) is 2.33. The first-order valence-electron chi connectivity index (χ1n) is 7.05. The van der Waals surface area contributed by atoms with E-state index in [2.05, 4.69) is 22.6 Å². The Morgan fingerprint density at radius 1 is 1.50 bits per heavy atom. The number of carbonyl (C=O) groups excluding carboxylic acids is 2. The van der Waals surface area contributed by atoms with Gasteiger partial charge in [-0.15, -0.1) is 0 Å². The standard InChI is InChI=1S/C15H19N3O2/c1-18-6-2-3-12(18)9-16-15(20)11-5-4-10-8-14(19)17-13(10)7-11/h4-5,7,12H,2-3,6,8-9H2,1H3,(H,16,20)(H,17,19). The summed E-state index contributed by atoms with van der Waals surface area (Å²) in [7, 11) is 2.09. The molecule has 1 fully saturated rings. The van der Waals surface area contributed by atoms with E-state index in [9.17, 15) is 9.59 Å². The molecule has 0 radical (unpaired) electrons. The summed E-state index contributed by atoms with van der Waals surface area (Å²) in [5, 5.41) is 5.75. The number of anilines is 1. The Morgan fingerprint density at radius 3 is 3.10 bits per heavy atom. The maximum Gasteiger partial charge on any atom is 0.251 e.